The molecule has 5 heteroatoms. The van der Waals surface area contributed by atoms with Crippen LogP contribution in [0.5, 0.6) is 0 Å². The summed E-state index contributed by atoms with van der Waals surface area (Å²) < 4.78 is 5.24. The van der Waals surface area contributed by atoms with E-state index in [0.717, 1.165) is 12.8 Å². The molecule has 0 unspecified atom stereocenters. The summed E-state index contributed by atoms with van der Waals surface area (Å²) in [7, 11) is 0. The number of hydrogen-bond acceptors (Lipinski definition) is 4. The van der Waals surface area contributed by atoms with Crippen LogP contribution in [-0.2, 0) is 0 Å². The first-order chi connectivity index (χ1) is 11.0. The summed E-state index contributed by atoms with van der Waals surface area (Å²) in [6.45, 7) is 5.66. The lowest BCUT2D eigenvalue weighted by Crippen LogP contribution is -2.15. The van der Waals surface area contributed by atoms with Crippen molar-refractivity contribution >= 4 is 17.4 Å². The predicted molar refractivity (Wildman–Crippen MR) is 86.8 cm³/mol. The minimum Gasteiger partial charge on any atom is -0.360 e. The first-order valence-corrected chi connectivity index (χ1v) is 7.89. The number of benzene rings is 1. The summed E-state index contributed by atoms with van der Waals surface area (Å²) in [6.07, 6.45) is 1.98. The first kappa shape index (κ1) is 15.5. The molecule has 5 nitrogen and oxygen atoms in total. The molecular weight excluding hydrogens is 292 g/mol. The molecule has 23 heavy (non-hydrogen) atoms. The third kappa shape index (κ3) is 3.18. The van der Waals surface area contributed by atoms with Crippen molar-refractivity contribution in [1.29, 1.82) is 0 Å². The number of amides is 1. The van der Waals surface area contributed by atoms with Gasteiger partial charge in [-0.1, -0.05) is 19.0 Å². The number of rotatable bonds is 5. The molecule has 1 amide bonds. The molecule has 0 aliphatic heterocycles. The first-order valence-electron chi connectivity index (χ1n) is 7.89. The van der Waals surface area contributed by atoms with Crippen LogP contribution in [0.15, 0.2) is 28.8 Å². The van der Waals surface area contributed by atoms with Gasteiger partial charge >= 0.3 is 0 Å². The Morgan fingerprint density at radius 1 is 1.22 bits per heavy atom. The fourth-order valence-electron chi connectivity index (χ4n) is 2.55. The number of carbonyl (C=O) groups excluding carboxylic acids is 2. The van der Waals surface area contributed by atoms with Gasteiger partial charge in [-0.15, -0.1) is 0 Å². The molecule has 2 aromatic rings. The van der Waals surface area contributed by atoms with Gasteiger partial charge in [0.05, 0.1) is 5.69 Å². The number of hydrogen-bond donors (Lipinski definition) is 1. The molecule has 1 N–H and O–H groups in total. The Balaban J connectivity index is 1.75. The molecule has 120 valence electrons. The lowest BCUT2D eigenvalue weighted by Gasteiger charge is -2.08. The molecule has 0 saturated heterocycles. The van der Waals surface area contributed by atoms with Gasteiger partial charge in [0, 0.05) is 23.1 Å². The Kier molecular flexibility index (Phi) is 4.03. The molecule has 1 aliphatic rings. The highest BCUT2D eigenvalue weighted by Gasteiger charge is 2.30. The van der Waals surface area contributed by atoms with Gasteiger partial charge in [0.15, 0.2) is 11.5 Å². The van der Waals surface area contributed by atoms with Crippen LogP contribution in [-0.4, -0.2) is 16.8 Å². The maximum absolute atomic E-state index is 12.5. The van der Waals surface area contributed by atoms with Crippen molar-refractivity contribution < 1.29 is 14.1 Å². The minimum absolute atomic E-state index is 0.0792. The molecule has 1 fully saturated rings. The number of ketones is 1. The number of aryl methyl sites for hydroxylation is 1. The summed E-state index contributed by atoms with van der Waals surface area (Å²) in [5.74, 6) is 0.813. The summed E-state index contributed by atoms with van der Waals surface area (Å²) in [5, 5.41) is 6.72. The van der Waals surface area contributed by atoms with Crippen LogP contribution < -0.4 is 5.32 Å². The van der Waals surface area contributed by atoms with Crippen molar-refractivity contribution in [2.75, 3.05) is 5.32 Å². The monoisotopic (exact) mass is 312 g/mol. The summed E-state index contributed by atoms with van der Waals surface area (Å²) in [4.78, 5) is 24.5. The van der Waals surface area contributed by atoms with E-state index in [1.807, 2.05) is 13.8 Å². The van der Waals surface area contributed by atoms with Crippen LogP contribution in [0.2, 0.25) is 0 Å². The van der Waals surface area contributed by atoms with Crippen LogP contribution in [0.25, 0.3) is 0 Å². The van der Waals surface area contributed by atoms with E-state index >= 15 is 0 Å². The van der Waals surface area contributed by atoms with E-state index in [1.54, 1.807) is 31.2 Å². The Bertz CT molecular complexity index is 740. The van der Waals surface area contributed by atoms with E-state index in [4.69, 9.17) is 4.52 Å². The Hall–Kier alpha value is -2.43. The molecule has 3 rings (SSSR count). The smallest absolute Gasteiger partial charge is 0.261 e. The van der Waals surface area contributed by atoms with Crippen molar-refractivity contribution in [3.05, 3.63) is 46.8 Å². The number of anilines is 1. The van der Waals surface area contributed by atoms with Gasteiger partial charge in [-0.05, 0) is 44.0 Å². The third-order valence-electron chi connectivity index (χ3n) is 4.02. The average Bonchev–Trinajstić information content (AvgIpc) is 3.29. The topological polar surface area (TPSA) is 72.2 Å². The molecule has 1 heterocycles. The number of Topliss-reactive ketones (excluding diaryl/α,β-unsaturated/α-hetero) is 1. The maximum atomic E-state index is 12.5. The molecule has 1 saturated carbocycles. The van der Waals surface area contributed by atoms with Gasteiger partial charge in [-0.2, -0.15) is 0 Å². The summed E-state index contributed by atoms with van der Waals surface area (Å²) in [6, 6.07) is 7.04. The van der Waals surface area contributed by atoms with Gasteiger partial charge in [0.25, 0.3) is 5.91 Å². The highest BCUT2D eigenvalue weighted by molar-refractivity contribution is 6.06. The van der Waals surface area contributed by atoms with Crippen molar-refractivity contribution in [3.63, 3.8) is 0 Å². The number of nitrogens with zero attached hydrogens (tertiary/aromatic N) is 1. The molecule has 1 aromatic carbocycles. The third-order valence-corrected chi connectivity index (χ3v) is 4.02. The highest BCUT2D eigenvalue weighted by Crippen LogP contribution is 2.32. The van der Waals surface area contributed by atoms with E-state index < -0.39 is 0 Å². The quantitative estimate of drug-likeness (QED) is 0.848. The molecule has 0 bridgehead atoms. The summed E-state index contributed by atoms with van der Waals surface area (Å²) >= 11 is 0. The lowest BCUT2D eigenvalue weighted by molar-refractivity contribution is 0.0967. The second-order valence-corrected chi connectivity index (χ2v) is 6.33. The normalized spacial score (nSPS) is 14.1. The van der Waals surface area contributed by atoms with Crippen LogP contribution in [0.4, 0.5) is 5.69 Å². The second-order valence-electron chi connectivity index (χ2n) is 6.33. The zero-order valence-corrected chi connectivity index (χ0v) is 13.6. The standard InChI is InChI=1S/C18H20N2O3/c1-10(2)17-15(11(3)20-23-17)18(22)19-14-8-6-13(7-9-14)16(21)12-4-5-12/h6-10,12H,4-5H2,1-3H3,(H,19,22). The minimum atomic E-state index is -0.242. The molecule has 0 radical (unpaired) electrons. The highest BCUT2D eigenvalue weighted by atomic mass is 16.5. The second kappa shape index (κ2) is 5.99. The molecule has 0 spiro atoms. The van der Waals surface area contributed by atoms with Crippen LogP contribution in [0.1, 0.15) is 64.8 Å². The van der Waals surface area contributed by atoms with Crippen molar-refractivity contribution in [2.24, 2.45) is 5.92 Å². The molecule has 1 aliphatic carbocycles. The van der Waals surface area contributed by atoms with E-state index in [-0.39, 0.29) is 23.5 Å². The average molecular weight is 312 g/mol. The number of nitrogens with one attached hydrogen (secondary N) is 1. The van der Waals surface area contributed by atoms with Gasteiger partial charge in [-0.25, -0.2) is 0 Å². The van der Waals surface area contributed by atoms with Crippen molar-refractivity contribution in [2.45, 2.75) is 39.5 Å². The molecule has 0 atom stereocenters. The van der Waals surface area contributed by atoms with Gasteiger partial charge < -0.3 is 9.84 Å². The number of carbonyl (C=O) groups is 2. The number of aromatic nitrogens is 1. The summed E-state index contributed by atoms with van der Waals surface area (Å²) in [5.41, 5.74) is 2.41. The lowest BCUT2D eigenvalue weighted by atomic mass is 10.0. The van der Waals surface area contributed by atoms with E-state index in [9.17, 15) is 9.59 Å². The zero-order chi connectivity index (χ0) is 16.6. The van der Waals surface area contributed by atoms with Gasteiger partial charge in [0.2, 0.25) is 0 Å². The van der Waals surface area contributed by atoms with Crippen LogP contribution in [0, 0.1) is 12.8 Å². The largest absolute Gasteiger partial charge is 0.360 e. The van der Waals surface area contributed by atoms with Crippen LogP contribution in [0.3, 0.4) is 0 Å². The van der Waals surface area contributed by atoms with Crippen LogP contribution >= 0.6 is 0 Å². The Labute approximate surface area is 135 Å². The fraction of sp³-hybridized carbons (Fsp3) is 0.389. The maximum Gasteiger partial charge on any atom is 0.261 e. The molecule has 1 aromatic heterocycles. The Morgan fingerprint density at radius 3 is 2.43 bits per heavy atom. The van der Waals surface area contributed by atoms with Gasteiger partial charge in [0.1, 0.15) is 5.56 Å². The van der Waals surface area contributed by atoms with E-state index in [0.29, 0.717) is 28.3 Å². The Morgan fingerprint density at radius 2 is 1.87 bits per heavy atom. The predicted octanol–water partition coefficient (Wildman–Crippen LogP) is 3.95. The van der Waals surface area contributed by atoms with Gasteiger partial charge in [-0.3, -0.25) is 9.59 Å². The fourth-order valence-corrected chi connectivity index (χ4v) is 2.55. The molecular formula is C18H20N2O3. The zero-order valence-electron chi connectivity index (χ0n) is 13.6. The van der Waals surface area contributed by atoms with Crippen molar-refractivity contribution in [1.82, 2.24) is 5.16 Å². The SMILES string of the molecule is Cc1noc(C(C)C)c1C(=O)Nc1ccc(C(=O)C2CC2)cc1. The van der Waals surface area contributed by atoms with E-state index in [2.05, 4.69) is 10.5 Å². The van der Waals surface area contributed by atoms with Crippen molar-refractivity contribution in [3.8, 4) is 0 Å². The van der Waals surface area contributed by atoms with E-state index in [1.165, 1.54) is 0 Å².